The van der Waals surface area contributed by atoms with Crippen LogP contribution in [0, 0.1) is 6.92 Å². The van der Waals surface area contributed by atoms with E-state index in [1.807, 2.05) is 43.3 Å². The Hall–Kier alpha value is -3.60. The Morgan fingerprint density at radius 2 is 1.55 bits per heavy atom. The first-order chi connectivity index (χ1) is 14.0. The Balaban J connectivity index is 1.53. The highest BCUT2D eigenvalue weighted by Gasteiger charge is 2.03. The van der Waals surface area contributed by atoms with E-state index in [9.17, 15) is 4.79 Å². The molecule has 0 aliphatic heterocycles. The molecule has 0 aliphatic rings. The minimum absolute atomic E-state index is 0.313. The molecule has 5 nitrogen and oxygen atoms in total. The lowest BCUT2D eigenvalue weighted by Crippen LogP contribution is -2.10. The number of hydrogen-bond acceptors (Lipinski definition) is 4. The molecule has 148 valence electrons. The van der Waals surface area contributed by atoms with Gasteiger partial charge in [-0.2, -0.15) is 0 Å². The van der Waals surface area contributed by atoms with Crippen LogP contribution in [0.4, 0.5) is 0 Å². The summed E-state index contributed by atoms with van der Waals surface area (Å²) in [4.78, 5) is 16.5. The predicted molar refractivity (Wildman–Crippen MR) is 114 cm³/mol. The van der Waals surface area contributed by atoms with Crippen LogP contribution in [-0.2, 0) is 18.1 Å². The lowest BCUT2D eigenvalue weighted by Gasteiger charge is -2.09. The summed E-state index contributed by atoms with van der Waals surface area (Å²) in [5.74, 6) is 0.359. The third kappa shape index (κ3) is 5.69. The van der Waals surface area contributed by atoms with Crippen molar-refractivity contribution in [3.8, 4) is 5.75 Å². The Morgan fingerprint density at radius 1 is 0.897 bits per heavy atom. The van der Waals surface area contributed by atoms with Gasteiger partial charge in [-0.3, -0.25) is 4.79 Å². The lowest BCUT2D eigenvalue weighted by molar-refractivity contribution is 0.1000. The van der Waals surface area contributed by atoms with Gasteiger partial charge in [0.2, 0.25) is 5.91 Å². The van der Waals surface area contributed by atoms with Gasteiger partial charge in [0.25, 0.3) is 0 Å². The summed E-state index contributed by atoms with van der Waals surface area (Å²) >= 11 is 0. The summed E-state index contributed by atoms with van der Waals surface area (Å²) in [6.45, 7) is 4.82. The normalized spacial score (nSPS) is 11.2. The van der Waals surface area contributed by atoms with Gasteiger partial charge in [0.15, 0.2) is 0 Å². The number of oxime groups is 1. The number of carbonyl (C=O) groups is 1. The average Bonchev–Trinajstić information content (AvgIpc) is 2.74. The van der Waals surface area contributed by atoms with Crippen LogP contribution in [0.1, 0.15) is 39.5 Å². The van der Waals surface area contributed by atoms with E-state index in [1.165, 1.54) is 11.1 Å². The molecule has 0 spiro atoms. The van der Waals surface area contributed by atoms with Gasteiger partial charge >= 0.3 is 0 Å². The molecule has 1 amide bonds. The first-order valence-electron chi connectivity index (χ1n) is 9.36. The van der Waals surface area contributed by atoms with Crippen LogP contribution in [0.25, 0.3) is 0 Å². The Kier molecular flexibility index (Phi) is 6.63. The second kappa shape index (κ2) is 9.55. The van der Waals surface area contributed by atoms with Crippen LogP contribution in [0.3, 0.4) is 0 Å². The maximum absolute atomic E-state index is 11.1. The van der Waals surface area contributed by atoms with E-state index in [-0.39, 0.29) is 0 Å². The molecule has 0 fully saturated rings. The second-order valence-electron chi connectivity index (χ2n) is 6.75. The first kappa shape index (κ1) is 20.1. The summed E-state index contributed by atoms with van der Waals surface area (Å²) in [5.41, 5.74) is 10.7. The number of hydrogen-bond donors (Lipinski definition) is 1. The van der Waals surface area contributed by atoms with E-state index >= 15 is 0 Å². The van der Waals surface area contributed by atoms with Gasteiger partial charge in [0.05, 0.1) is 5.71 Å². The number of nitrogens with two attached hydrogens (primary N) is 1. The number of amides is 1. The molecular weight excluding hydrogens is 364 g/mol. The van der Waals surface area contributed by atoms with Crippen molar-refractivity contribution < 1.29 is 14.4 Å². The molecule has 0 saturated carbocycles. The topological polar surface area (TPSA) is 73.9 Å². The first-order valence-corrected chi connectivity index (χ1v) is 9.36. The summed E-state index contributed by atoms with van der Waals surface area (Å²) in [5, 5.41) is 4.17. The molecule has 0 heterocycles. The standard InChI is InChI=1S/C24H24N2O3/c1-17-5-3-4-6-22(17)16-28-23-13-11-20(12-14-23)18(2)26-29-15-19-7-9-21(10-8-19)24(25)27/h3-14H,15-16H2,1-2H3,(H2,25,27)/b26-18+. The third-order valence-corrected chi connectivity index (χ3v) is 4.60. The van der Waals surface area contributed by atoms with Gasteiger partial charge in [0, 0.05) is 5.56 Å². The number of primary amides is 1. The highest BCUT2D eigenvalue weighted by atomic mass is 16.6. The zero-order chi connectivity index (χ0) is 20.6. The summed E-state index contributed by atoms with van der Waals surface area (Å²) in [6, 6.07) is 22.9. The van der Waals surface area contributed by atoms with Crippen molar-refractivity contribution >= 4 is 11.6 Å². The molecule has 0 aromatic heterocycles. The number of carbonyl (C=O) groups excluding carboxylic acids is 1. The third-order valence-electron chi connectivity index (χ3n) is 4.60. The Bertz CT molecular complexity index is 993. The van der Waals surface area contributed by atoms with Crippen LogP contribution in [0.2, 0.25) is 0 Å². The van der Waals surface area contributed by atoms with Crippen LogP contribution < -0.4 is 10.5 Å². The molecular formula is C24H24N2O3. The molecule has 0 aliphatic carbocycles. The van der Waals surface area contributed by atoms with Gasteiger partial charge in [0.1, 0.15) is 19.0 Å². The quantitative estimate of drug-likeness (QED) is 0.452. The zero-order valence-corrected chi connectivity index (χ0v) is 16.6. The molecule has 3 aromatic carbocycles. The minimum atomic E-state index is -0.447. The van der Waals surface area contributed by atoms with Crippen molar-refractivity contribution in [1.29, 1.82) is 0 Å². The van der Waals surface area contributed by atoms with Gasteiger partial charge in [-0.15, -0.1) is 0 Å². The fourth-order valence-electron chi connectivity index (χ4n) is 2.75. The summed E-state index contributed by atoms with van der Waals surface area (Å²) in [7, 11) is 0. The SMILES string of the molecule is C/C(=N\OCc1ccc(C(N)=O)cc1)c1ccc(OCc2ccccc2C)cc1. The smallest absolute Gasteiger partial charge is 0.248 e. The van der Waals surface area contributed by atoms with E-state index in [0.29, 0.717) is 18.8 Å². The van der Waals surface area contributed by atoms with Gasteiger partial charge in [-0.25, -0.2) is 0 Å². The lowest BCUT2D eigenvalue weighted by atomic mass is 10.1. The van der Waals surface area contributed by atoms with E-state index < -0.39 is 5.91 Å². The average molecular weight is 388 g/mol. The zero-order valence-electron chi connectivity index (χ0n) is 16.6. The van der Waals surface area contributed by atoms with Crippen LogP contribution in [0.15, 0.2) is 78.0 Å². The van der Waals surface area contributed by atoms with Crippen molar-refractivity contribution in [2.45, 2.75) is 27.1 Å². The Morgan fingerprint density at radius 3 is 2.21 bits per heavy atom. The Labute approximate surface area is 170 Å². The van der Waals surface area contributed by atoms with E-state index in [4.69, 9.17) is 15.3 Å². The molecule has 0 saturated heterocycles. The highest BCUT2D eigenvalue weighted by Crippen LogP contribution is 2.16. The molecule has 0 bridgehead atoms. The monoisotopic (exact) mass is 388 g/mol. The molecule has 0 radical (unpaired) electrons. The molecule has 5 heteroatoms. The van der Waals surface area contributed by atoms with Crippen molar-refractivity contribution in [1.82, 2.24) is 0 Å². The number of rotatable bonds is 8. The molecule has 3 rings (SSSR count). The number of benzene rings is 3. The summed E-state index contributed by atoms with van der Waals surface area (Å²) < 4.78 is 5.87. The highest BCUT2D eigenvalue weighted by molar-refractivity contribution is 5.98. The van der Waals surface area contributed by atoms with Gasteiger partial charge in [-0.1, -0.05) is 41.6 Å². The van der Waals surface area contributed by atoms with Gasteiger partial charge in [-0.05, 0) is 72.5 Å². The molecule has 0 unspecified atom stereocenters. The second-order valence-corrected chi connectivity index (χ2v) is 6.75. The van der Waals surface area contributed by atoms with E-state index in [0.717, 1.165) is 22.6 Å². The number of ether oxygens (including phenoxy) is 1. The maximum Gasteiger partial charge on any atom is 0.248 e. The van der Waals surface area contributed by atoms with Gasteiger partial charge < -0.3 is 15.3 Å². The van der Waals surface area contributed by atoms with Crippen molar-refractivity contribution in [2.75, 3.05) is 0 Å². The van der Waals surface area contributed by atoms with Crippen LogP contribution >= 0.6 is 0 Å². The number of nitrogens with zero attached hydrogens (tertiary/aromatic N) is 1. The molecule has 2 N–H and O–H groups in total. The molecule has 0 atom stereocenters. The van der Waals surface area contributed by atoms with Crippen molar-refractivity contribution in [3.63, 3.8) is 0 Å². The fourth-order valence-corrected chi connectivity index (χ4v) is 2.75. The molecule has 3 aromatic rings. The fraction of sp³-hybridized carbons (Fsp3) is 0.167. The van der Waals surface area contributed by atoms with E-state index in [1.54, 1.807) is 24.3 Å². The van der Waals surface area contributed by atoms with Crippen molar-refractivity contribution in [2.24, 2.45) is 10.9 Å². The maximum atomic E-state index is 11.1. The summed E-state index contributed by atoms with van der Waals surface area (Å²) in [6.07, 6.45) is 0. The predicted octanol–water partition coefficient (Wildman–Crippen LogP) is 4.61. The molecule has 29 heavy (non-hydrogen) atoms. The number of aryl methyl sites for hydroxylation is 1. The van der Waals surface area contributed by atoms with E-state index in [2.05, 4.69) is 24.2 Å². The van der Waals surface area contributed by atoms with Crippen LogP contribution in [0.5, 0.6) is 5.75 Å². The largest absolute Gasteiger partial charge is 0.489 e. The minimum Gasteiger partial charge on any atom is -0.489 e. The van der Waals surface area contributed by atoms with Crippen molar-refractivity contribution in [3.05, 3.63) is 101 Å². The van der Waals surface area contributed by atoms with Crippen LogP contribution in [-0.4, -0.2) is 11.6 Å².